The topological polar surface area (TPSA) is 27.7 Å². The molecule has 0 aromatic heterocycles. The van der Waals surface area contributed by atoms with Gasteiger partial charge in [-0.2, -0.15) is 13.2 Å². The van der Waals surface area contributed by atoms with Gasteiger partial charge in [-0.15, -0.1) is 0 Å². The molecule has 114 valence electrons. The Hall–Kier alpha value is -0.400. The average molecular weight is 280 g/mol. The third-order valence-corrected chi connectivity index (χ3v) is 1.61. The van der Waals surface area contributed by atoms with Gasteiger partial charge in [0.05, 0.1) is 6.10 Å². The highest BCUT2D eigenvalue weighted by atomic mass is 19.4. The van der Waals surface area contributed by atoms with E-state index in [2.05, 4.69) is 9.47 Å². The van der Waals surface area contributed by atoms with E-state index in [4.69, 9.17) is 4.74 Å². The molecular weight excluding hydrogens is 256 g/mol. The molecule has 2 atom stereocenters. The lowest BCUT2D eigenvalue weighted by Gasteiger charge is -2.12. The maximum Gasteiger partial charge on any atom is 0.414 e. The van der Waals surface area contributed by atoms with Gasteiger partial charge in [-0.25, -0.2) is 4.39 Å². The van der Waals surface area contributed by atoms with Gasteiger partial charge in [0.25, 0.3) is 0 Å². The van der Waals surface area contributed by atoms with E-state index >= 15 is 0 Å². The summed E-state index contributed by atoms with van der Waals surface area (Å²) in [6, 6.07) is 0. The predicted octanol–water partition coefficient (Wildman–Crippen LogP) is 3.57. The van der Waals surface area contributed by atoms with Gasteiger partial charge in [0.15, 0.2) is 6.36 Å². The summed E-state index contributed by atoms with van der Waals surface area (Å²) in [4.78, 5) is 0. The highest BCUT2D eigenvalue weighted by Gasteiger charge is 2.35. The first-order valence-electron chi connectivity index (χ1n) is 5.32. The first-order valence-corrected chi connectivity index (χ1v) is 5.32. The second-order valence-electron chi connectivity index (χ2n) is 3.48. The number of alkyl halides is 4. The summed E-state index contributed by atoms with van der Waals surface area (Å²) >= 11 is 0. The van der Waals surface area contributed by atoms with Crippen LogP contribution in [0, 0.1) is 0 Å². The molecule has 0 amide bonds. The minimum absolute atomic E-state index is 0.384. The molecule has 0 fully saturated rings. The standard InChI is InChI=1S/C4H7F3O.C4H10O.C3H7FO/c1-3(8-2)4(5,6)7;1-4(2)5-3;1-3(4)5-2/h3H,1-2H3;4H,1-3H3;3H,1-2H3. The average Bonchev–Trinajstić information content (AvgIpc) is 2.28. The van der Waals surface area contributed by atoms with E-state index in [9.17, 15) is 17.6 Å². The molecule has 0 saturated carbocycles. The number of methoxy groups -OCH3 is 3. The van der Waals surface area contributed by atoms with E-state index in [0.717, 1.165) is 14.0 Å². The van der Waals surface area contributed by atoms with E-state index in [-0.39, 0.29) is 0 Å². The maximum absolute atomic E-state index is 11.3. The Kier molecular flexibility index (Phi) is 16.5. The lowest BCUT2D eigenvalue weighted by atomic mass is 10.4. The van der Waals surface area contributed by atoms with Crippen molar-refractivity contribution in [2.75, 3.05) is 21.3 Å². The van der Waals surface area contributed by atoms with Gasteiger partial charge < -0.3 is 14.2 Å². The summed E-state index contributed by atoms with van der Waals surface area (Å²) in [5.41, 5.74) is 0. The van der Waals surface area contributed by atoms with Crippen LogP contribution in [0.2, 0.25) is 0 Å². The van der Waals surface area contributed by atoms with E-state index in [1.807, 2.05) is 13.8 Å². The fourth-order valence-corrected chi connectivity index (χ4v) is 0.134. The molecule has 0 aromatic carbocycles. The zero-order valence-corrected chi connectivity index (χ0v) is 12.0. The molecule has 0 bridgehead atoms. The summed E-state index contributed by atoms with van der Waals surface area (Å²) < 4.78 is 58.0. The summed E-state index contributed by atoms with van der Waals surface area (Å²) in [5.74, 6) is 0. The fraction of sp³-hybridized carbons (Fsp3) is 1.00. The minimum Gasteiger partial charge on any atom is -0.382 e. The number of ether oxygens (including phenoxy) is 3. The van der Waals surface area contributed by atoms with Gasteiger partial charge >= 0.3 is 6.18 Å². The quantitative estimate of drug-likeness (QED) is 0.740. The van der Waals surface area contributed by atoms with Crippen LogP contribution < -0.4 is 0 Å². The van der Waals surface area contributed by atoms with Crippen molar-refractivity contribution >= 4 is 0 Å². The second-order valence-corrected chi connectivity index (χ2v) is 3.48. The monoisotopic (exact) mass is 280 g/mol. The minimum atomic E-state index is -4.21. The van der Waals surface area contributed by atoms with Crippen LogP contribution in [0.1, 0.15) is 27.7 Å². The normalized spacial score (nSPS) is 14.0. The van der Waals surface area contributed by atoms with Crippen molar-refractivity contribution in [1.82, 2.24) is 0 Å². The molecule has 0 aliphatic carbocycles. The van der Waals surface area contributed by atoms with E-state index in [0.29, 0.717) is 6.10 Å². The van der Waals surface area contributed by atoms with E-state index in [1.165, 1.54) is 14.0 Å². The summed E-state index contributed by atoms with van der Waals surface area (Å²) in [6.07, 6.45) is -6.60. The van der Waals surface area contributed by atoms with E-state index < -0.39 is 18.6 Å². The van der Waals surface area contributed by atoms with Gasteiger partial charge in [-0.1, -0.05) is 0 Å². The van der Waals surface area contributed by atoms with Crippen LogP contribution in [0.4, 0.5) is 17.6 Å². The lowest BCUT2D eigenvalue weighted by molar-refractivity contribution is -0.206. The summed E-state index contributed by atoms with van der Waals surface area (Å²) in [6.45, 7) is 6.29. The molecule has 2 unspecified atom stereocenters. The van der Waals surface area contributed by atoms with Crippen molar-refractivity contribution in [1.29, 1.82) is 0 Å². The van der Waals surface area contributed by atoms with Crippen molar-refractivity contribution in [3.63, 3.8) is 0 Å². The number of hydrogen-bond donors (Lipinski definition) is 0. The molecule has 0 radical (unpaired) electrons. The van der Waals surface area contributed by atoms with Gasteiger partial charge in [-0.05, 0) is 27.7 Å². The third-order valence-electron chi connectivity index (χ3n) is 1.61. The Balaban J connectivity index is -0.000000197. The number of halogens is 4. The van der Waals surface area contributed by atoms with Gasteiger partial charge in [0.2, 0.25) is 0 Å². The van der Waals surface area contributed by atoms with Crippen LogP contribution in [0.3, 0.4) is 0 Å². The fourth-order valence-electron chi connectivity index (χ4n) is 0.134. The Morgan fingerprint density at radius 2 is 1.06 bits per heavy atom. The highest BCUT2D eigenvalue weighted by molar-refractivity contribution is 4.58. The molecule has 0 spiro atoms. The maximum atomic E-state index is 11.3. The zero-order valence-electron chi connectivity index (χ0n) is 12.0. The third kappa shape index (κ3) is 24.7. The Morgan fingerprint density at radius 3 is 1.06 bits per heavy atom. The van der Waals surface area contributed by atoms with Gasteiger partial charge in [0, 0.05) is 21.3 Å². The predicted molar refractivity (Wildman–Crippen MR) is 62.3 cm³/mol. The van der Waals surface area contributed by atoms with Gasteiger partial charge in [0.1, 0.15) is 6.10 Å². The Labute approximate surface area is 106 Å². The first kappa shape index (κ1) is 22.8. The number of hydrogen-bond acceptors (Lipinski definition) is 3. The Bertz CT molecular complexity index is 153. The van der Waals surface area contributed by atoms with Gasteiger partial charge in [-0.3, -0.25) is 0 Å². The van der Waals surface area contributed by atoms with Crippen LogP contribution in [0.25, 0.3) is 0 Å². The molecule has 0 aromatic rings. The molecule has 7 heteroatoms. The molecule has 18 heavy (non-hydrogen) atoms. The largest absolute Gasteiger partial charge is 0.414 e. The van der Waals surface area contributed by atoms with Crippen LogP contribution in [-0.2, 0) is 14.2 Å². The Morgan fingerprint density at radius 1 is 0.778 bits per heavy atom. The zero-order chi connectivity index (χ0) is 15.4. The van der Waals surface area contributed by atoms with Crippen LogP contribution in [-0.4, -0.2) is 46.1 Å². The van der Waals surface area contributed by atoms with Crippen molar-refractivity contribution in [2.24, 2.45) is 0 Å². The SMILES string of the molecule is COC(C)C.COC(C)C(F)(F)F.COC(C)F. The molecule has 0 saturated heterocycles. The lowest BCUT2D eigenvalue weighted by Crippen LogP contribution is -2.26. The van der Waals surface area contributed by atoms with Crippen molar-refractivity contribution in [2.45, 2.75) is 52.4 Å². The highest BCUT2D eigenvalue weighted by Crippen LogP contribution is 2.21. The van der Waals surface area contributed by atoms with Crippen molar-refractivity contribution < 1.29 is 31.8 Å². The van der Waals surface area contributed by atoms with Crippen LogP contribution in [0.5, 0.6) is 0 Å². The smallest absolute Gasteiger partial charge is 0.382 e. The summed E-state index contributed by atoms with van der Waals surface area (Å²) in [5, 5.41) is 0. The summed E-state index contributed by atoms with van der Waals surface area (Å²) in [7, 11) is 4.05. The molecule has 0 N–H and O–H groups in total. The van der Waals surface area contributed by atoms with E-state index in [1.54, 1.807) is 7.11 Å². The molecule has 0 heterocycles. The van der Waals surface area contributed by atoms with Crippen molar-refractivity contribution in [3.8, 4) is 0 Å². The van der Waals surface area contributed by atoms with Crippen molar-refractivity contribution in [3.05, 3.63) is 0 Å². The molecule has 3 nitrogen and oxygen atoms in total. The molecule has 0 aliphatic rings. The van der Waals surface area contributed by atoms with Crippen LogP contribution >= 0.6 is 0 Å². The molecular formula is C11H24F4O3. The molecule has 0 rings (SSSR count). The first-order chi connectivity index (χ1) is 8.02. The second kappa shape index (κ2) is 13.0. The van der Waals surface area contributed by atoms with Crippen LogP contribution in [0.15, 0.2) is 0 Å². The molecule has 0 aliphatic heterocycles. The number of rotatable bonds is 3.